The molecule has 104 valence electrons. The highest BCUT2D eigenvalue weighted by Crippen LogP contribution is 2.25. The third-order valence-corrected chi connectivity index (χ3v) is 3.08. The molecule has 0 aliphatic carbocycles. The highest BCUT2D eigenvalue weighted by Gasteiger charge is 2.32. The van der Waals surface area contributed by atoms with Crippen molar-refractivity contribution in [3.8, 4) is 0 Å². The van der Waals surface area contributed by atoms with Crippen molar-refractivity contribution in [3.63, 3.8) is 0 Å². The molecule has 0 radical (unpaired) electrons. The van der Waals surface area contributed by atoms with Crippen LogP contribution in [0, 0.1) is 0 Å². The molecule has 0 bridgehead atoms. The van der Waals surface area contributed by atoms with Crippen molar-refractivity contribution in [1.29, 1.82) is 0 Å². The Morgan fingerprint density at radius 1 is 1.53 bits per heavy atom. The van der Waals surface area contributed by atoms with Crippen molar-refractivity contribution in [2.24, 2.45) is 0 Å². The Balaban J connectivity index is 2.20. The Kier molecular flexibility index (Phi) is 3.34. The molecule has 2 heterocycles. The number of aldehydes is 1. The van der Waals surface area contributed by atoms with Gasteiger partial charge in [0.2, 0.25) is 0 Å². The van der Waals surface area contributed by atoms with Crippen molar-refractivity contribution in [2.45, 2.75) is 52.3 Å². The fourth-order valence-corrected chi connectivity index (χ4v) is 2.16. The Morgan fingerprint density at radius 3 is 2.79 bits per heavy atom. The second-order valence-electron chi connectivity index (χ2n) is 5.85. The van der Waals surface area contributed by atoms with Crippen molar-refractivity contribution >= 4 is 12.4 Å². The third kappa shape index (κ3) is 2.77. The number of nitrogens with zero attached hydrogens (tertiary/aromatic N) is 2. The zero-order valence-corrected chi connectivity index (χ0v) is 11.7. The van der Waals surface area contributed by atoms with Crippen LogP contribution in [0.2, 0.25) is 0 Å². The van der Waals surface area contributed by atoms with Crippen LogP contribution < -0.4 is 0 Å². The molecule has 0 aromatic carbocycles. The minimum absolute atomic E-state index is 0.0160. The number of hydrogen-bond donors (Lipinski definition) is 1. The van der Waals surface area contributed by atoms with Crippen LogP contribution >= 0.6 is 0 Å². The lowest BCUT2D eigenvalue weighted by Crippen LogP contribution is -2.45. The first kappa shape index (κ1) is 13.6. The highest BCUT2D eigenvalue weighted by atomic mass is 16.6. The molecule has 1 aliphatic rings. The van der Waals surface area contributed by atoms with E-state index in [4.69, 9.17) is 4.74 Å². The molecule has 1 amide bonds. The number of ether oxygens (including phenoxy) is 1. The minimum Gasteiger partial charge on any atom is -0.444 e. The average Bonchev–Trinajstić information content (AvgIpc) is 2.67. The van der Waals surface area contributed by atoms with Gasteiger partial charge in [0.05, 0.1) is 6.54 Å². The van der Waals surface area contributed by atoms with E-state index in [1.807, 2.05) is 27.7 Å². The number of hydrogen-bond acceptors (Lipinski definition) is 4. The number of amides is 1. The minimum atomic E-state index is -0.527. The number of carbonyl (C=O) groups is 2. The lowest BCUT2D eigenvalue weighted by atomic mass is 10.0. The Labute approximate surface area is 112 Å². The molecule has 6 nitrogen and oxygen atoms in total. The monoisotopic (exact) mass is 265 g/mol. The summed E-state index contributed by atoms with van der Waals surface area (Å²) in [6, 6.07) is 0.0160. The van der Waals surface area contributed by atoms with E-state index in [9.17, 15) is 9.59 Å². The first-order valence-corrected chi connectivity index (χ1v) is 6.32. The van der Waals surface area contributed by atoms with Gasteiger partial charge >= 0.3 is 6.09 Å². The molecule has 1 unspecified atom stereocenters. The summed E-state index contributed by atoms with van der Waals surface area (Å²) in [4.78, 5) is 24.7. The number of fused-ring (bicyclic) bond motifs is 1. The zero-order chi connectivity index (χ0) is 14.2. The van der Waals surface area contributed by atoms with E-state index in [1.54, 1.807) is 4.90 Å². The van der Waals surface area contributed by atoms with E-state index in [-0.39, 0.29) is 12.1 Å². The third-order valence-electron chi connectivity index (χ3n) is 3.08. The van der Waals surface area contributed by atoms with Crippen LogP contribution in [0.25, 0.3) is 0 Å². The lowest BCUT2D eigenvalue weighted by molar-refractivity contribution is 0.0137. The molecule has 6 heteroatoms. The number of rotatable bonds is 1. The highest BCUT2D eigenvalue weighted by molar-refractivity contribution is 5.76. The normalized spacial score (nSPS) is 18.9. The van der Waals surface area contributed by atoms with Gasteiger partial charge in [0.1, 0.15) is 11.3 Å². The van der Waals surface area contributed by atoms with E-state index >= 15 is 0 Å². The Bertz CT molecular complexity index is 502. The first-order chi connectivity index (χ1) is 8.81. The standard InChI is InChI=1S/C13H19N3O3/c1-8-5-10-9(11(7-17)15-14-10)6-16(8)12(18)19-13(2,3)4/h7-8H,5-6H2,1-4H3,(H,14,15). The molecule has 0 saturated carbocycles. The molecule has 1 N–H and O–H groups in total. The lowest BCUT2D eigenvalue weighted by Gasteiger charge is -2.34. The van der Waals surface area contributed by atoms with Crippen LogP contribution in [0.1, 0.15) is 49.4 Å². The summed E-state index contributed by atoms with van der Waals surface area (Å²) in [6.07, 6.45) is 0.997. The van der Waals surface area contributed by atoms with Crippen molar-refractivity contribution in [3.05, 3.63) is 17.0 Å². The molecule has 0 spiro atoms. The second kappa shape index (κ2) is 4.68. The molecule has 1 atom stereocenters. The van der Waals surface area contributed by atoms with Gasteiger partial charge in [-0.3, -0.25) is 9.89 Å². The van der Waals surface area contributed by atoms with Crippen molar-refractivity contribution in [2.75, 3.05) is 0 Å². The summed E-state index contributed by atoms with van der Waals surface area (Å²) in [5.74, 6) is 0. The topological polar surface area (TPSA) is 75.3 Å². The van der Waals surface area contributed by atoms with Gasteiger partial charge in [0.25, 0.3) is 0 Å². The SMILES string of the molecule is CC1Cc2[nH]nc(C=O)c2CN1C(=O)OC(C)(C)C. The summed E-state index contributed by atoms with van der Waals surface area (Å²) in [5, 5.41) is 6.80. The number of aromatic amines is 1. The van der Waals surface area contributed by atoms with Crippen LogP contribution in [0.4, 0.5) is 4.79 Å². The van der Waals surface area contributed by atoms with E-state index < -0.39 is 5.60 Å². The van der Waals surface area contributed by atoms with Crippen LogP contribution in [-0.2, 0) is 17.7 Å². The number of carbonyl (C=O) groups excluding carboxylic acids is 2. The second-order valence-corrected chi connectivity index (χ2v) is 5.85. The summed E-state index contributed by atoms with van der Waals surface area (Å²) < 4.78 is 5.38. The Hall–Kier alpha value is -1.85. The van der Waals surface area contributed by atoms with Crippen LogP contribution in [0.3, 0.4) is 0 Å². The van der Waals surface area contributed by atoms with Gasteiger partial charge in [-0.25, -0.2) is 4.79 Å². The van der Waals surface area contributed by atoms with Crippen LogP contribution in [0.5, 0.6) is 0 Å². The van der Waals surface area contributed by atoms with Gasteiger partial charge in [0, 0.05) is 23.7 Å². The molecule has 0 saturated heterocycles. The van der Waals surface area contributed by atoms with Crippen molar-refractivity contribution in [1.82, 2.24) is 15.1 Å². The maximum absolute atomic E-state index is 12.1. The molecular formula is C13H19N3O3. The quantitative estimate of drug-likeness (QED) is 0.787. The maximum atomic E-state index is 12.1. The smallest absolute Gasteiger partial charge is 0.410 e. The predicted octanol–water partition coefficient (Wildman–Crippen LogP) is 1.90. The predicted molar refractivity (Wildman–Crippen MR) is 68.9 cm³/mol. The maximum Gasteiger partial charge on any atom is 0.410 e. The van der Waals surface area contributed by atoms with Gasteiger partial charge in [0.15, 0.2) is 6.29 Å². The van der Waals surface area contributed by atoms with Gasteiger partial charge in [-0.1, -0.05) is 0 Å². The van der Waals surface area contributed by atoms with Crippen LogP contribution in [0.15, 0.2) is 0 Å². The summed E-state index contributed by atoms with van der Waals surface area (Å²) in [5.41, 5.74) is 1.56. The van der Waals surface area contributed by atoms with Gasteiger partial charge in [-0.15, -0.1) is 0 Å². The molecule has 1 aromatic heterocycles. The van der Waals surface area contributed by atoms with E-state index in [0.717, 1.165) is 11.3 Å². The number of H-pyrrole nitrogens is 1. The van der Waals surface area contributed by atoms with Crippen LogP contribution in [-0.4, -0.2) is 39.1 Å². The van der Waals surface area contributed by atoms with Gasteiger partial charge in [-0.2, -0.15) is 5.10 Å². The molecule has 19 heavy (non-hydrogen) atoms. The average molecular weight is 265 g/mol. The molecular weight excluding hydrogens is 246 g/mol. The summed E-state index contributed by atoms with van der Waals surface area (Å²) >= 11 is 0. The first-order valence-electron chi connectivity index (χ1n) is 6.32. The van der Waals surface area contributed by atoms with E-state index in [1.165, 1.54) is 0 Å². The summed E-state index contributed by atoms with van der Waals surface area (Å²) in [6.45, 7) is 7.81. The fourth-order valence-electron chi connectivity index (χ4n) is 2.16. The summed E-state index contributed by atoms with van der Waals surface area (Å²) in [7, 11) is 0. The fraction of sp³-hybridized carbons (Fsp3) is 0.615. The molecule has 1 aromatic rings. The molecule has 1 aliphatic heterocycles. The Morgan fingerprint density at radius 2 is 2.21 bits per heavy atom. The van der Waals surface area contributed by atoms with Gasteiger partial charge < -0.3 is 9.64 Å². The number of nitrogens with one attached hydrogen (secondary N) is 1. The van der Waals surface area contributed by atoms with Gasteiger partial charge in [-0.05, 0) is 27.7 Å². The molecule has 0 fully saturated rings. The largest absolute Gasteiger partial charge is 0.444 e. The zero-order valence-electron chi connectivity index (χ0n) is 11.7. The number of aromatic nitrogens is 2. The molecule has 2 rings (SSSR count). The van der Waals surface area contributed by atoms with Crippen molar-refractivity contribution < 1.29 is 14.3 Å². The van der Waals surface area contributed by atoms with E-state index in [2.05, 4.69) is 10.2 Å². The van der Waals surface area contributed by atoms with E-state index in [0.29, 0.717) is 24.9 Å².